The first-order valence-corrected chi connectivity index (χ1v) is 7.81. The van der Waals surface area contributed by atoms with Crippen molar-refractivity contribution in [2.75, 3.05) is 52.9 Å². The van der Waals surface area contributed by atoms with E-state index in [-0.39, 0.29) is 13.4 Å². The normalized spacial score (nSPS) is 20.4. The Balaban J connectivity index is 0.00000400. The Morgan fingerprint density at radius 1 is 1.55 bits per heavy atom. The van der Waals surface area contributed by atoms with Gasteiger partial charge in [-0.25, -0.2) is 0 Å². The minimum atomic E-state index is 0. The fraction of sp³-hybridized carbons (Fsp3) is 0.933. The Kier molecular flexibility index (Phi) is 8.11. The minimum absolute atomic E-state index is 0. The molecule has 1 N–H and O–H groups in total. The summed E-state index contributed by atoms with van der Waals surface area (Å²) in [6.45, 7) is 12.9. The Labute approximate surface area is 125 Å². The second-order valence-electron chi connectivity index (χ2n) is 6.02. The number of likely N-dealkylation sites (N-methyl/N-ethyl adjacent to an activating group) is 1. The second-order valence-corrected chi connectivity index (χ2v) is 6.02. The number of carbonyl (C=O) groups is 1. The molecule has 0 aliphatic carbocycles. The summed E-state index contributed by atoms with van der Waals surface area (Å²) in [6.07, 6.45) is 0.709. The zero-order valence-corrected chi connectivity index (χ0v) is 13.5. The number of nitrogens with zero attached hydrogens (tertiary/aromatic N) is 2. The van der Waals surface area contributed by atoms with Gasteiger partial charge in [0.05, 0.1) is 12.7 Å². The molecule has 1 fully saturated rings. The summed E-state index contributed by atoms with van der Waals surface area (Å²) in [4.78, 5) is 15.8. The SMILES string of the molecule is CCC(=O)N(C)C[C@H]1CN(CCNCC(C)C)CCO1.[HH]. The summed E-state index contributed by atoms with van der Waals surface area (Å²) in [6, 6.07) is 0. The zero-order chi connectivity index (χ0) is 15.0. The van der Waals surface area contributed by atoms with Crippen LogP contribution in [-0.4, -0.2) is 74.7 Å². The molecule has 1 rings (SSSR count). The third kappa shape index (κ3) is 6.68. The van der Waals surface area contributed by atoms with E-state index < -0.39 is 0 Å². The van der Waals surface area contributed by atoms with Crippen LogP contribution in [0.1, 0.15) is 28.6 Å². The van der Waals surface area contributed by atoms with Gasteiger partial charge in [0.25, 0.3) is 0 Å². The van der Waals surface area contributed by atoms with E-state index in [0.717, 1.165) is 39.3 Å². The smallest absolute Gasteiger partial charge is 0.222 e. The topological polar surface area (TPSA) is 44.8 Å². The predicted molar refractivity (Wildman–Crippen MR) is 83.9 cm³/mol. The van der Waals surface area contributed by atoms with Crippen LogP contribution in [0.4, 0.5) is 0 Å². The monoisotopic (exact) mass is 287 g/mol. The molecule has 1 aliphatic rings. The van der Waals surface area contributed by atoms with Crippen molar-refractivity contribution in [3.8, 4) is 0 Å². The van der Waals surface area contributed by atoms with Gasteiger partial charge in [-0.15, -0.1) is 0 Å². The number of carbonyl (C=O) groups excluding carboxylic acids is 1. The van der Waals surface area contributed by atoms with E-state index in [2.05, 4.69) is 24.1 Å². The fourth-order valence-corrected chi connectivity index (χ4v) is 2.40. The molecule has 1 heterocycles. The van der Waals surface area contributed by atoms with Crippen molar-refractivity contribution in [3.63, 3.8) is 0 Å². The van der Waals surface area contributed by atoms with Gasteiger partial charge in [0.2, 0.25) is 5.91 Å². The molecule has 0 bridgehead atoms. The number of nitrogens with one attached hydrogen (secondary N) is 1. The Bertz CT molecular complexity index is 290. The Morgan fingerprint density at radius 3 is 2.95 bits per heavy atom. The van der Waals surface area contributed by atoms with Crippen molar-refractivity contribution in [1.29, 1.82) is 0 Å². The van der Waals surface area contributed by atoms with E-state index in [0.29, 0.717) is 18.9 Å². The quantitative estimate of drug-likeness (QED) is 0.678. The molecule has 20 heavy (non-hydrogen) atoms. The highest BCUT2D eigenvalue weighted by Gasteiger charge is 2.22. The summed E-state index contributed by atoms with van der Waals surface area (Å²) in [7, 11) is 1.86. The highest BCUT2D eigenvalue weighted by atomic mass is 16.5. The minimum Gasteiger partial charge on any atom is -0.374 e. The summed E-state index contributed by atoms with van der Waals surface area (Å²) in [5.74, 6) is 0.880. The molecule has 5 nitrogen and oxygen atoms in total. The van der Waals surface area contributed by atoms with Crippen LogP contribution in [0, 0.1) is 5.92 Å². The lowest BCUT2D eigenvalue weighted by atomic mass is 10.2. The summed E-state index contributed by atoms with van der Waals surface area (Å²) < 4.78 is 5.76. The van der Waals surface area contributed by atoms with Gasteiger partial charge in [-0.2, -0.15) is 0 Å². The van der Waals surface area contributed by atoms with Crippen LogP contribution >= 0.6 is 0 Å². The van der Waals surface area contributed by atoms with Gasteiger partial charge in [-0.1, -0.05) is 20.8 Å². The van der Waals surface area contributed by atoms with Crippen molar-refractivity contribution < 1.29 is 11.0 Å². The number of hydrogen-bond donors (Lipinski definition) is 1. The molecule has 120 valence electrons. The number of hydrogen-bond acceptors (Lipinski definition) is 4. The van der Waals surface area contributed by atoms with Crippen LogP contribution in [0.25, 0.3) is 0 Å². The van der Waals surface area contributed by atoms with E-state index in [1.54, 1.807) is 4.90 Å². The van der Waals surface area contributed by atoms with E-state index >= 15 is 0 Å². The van der Waals surface area contributed by atoms with Gasteiger partial charge < -0.3 is 15.0 Å². The molecule has 0 saturated carbocycles. The molecule has 1 saturated heterocycles. The molecule has 0 radical (unpaired) electrons. The fourth-order valence-electron chi connectivity index (χ4n) is 2.40. The predicted octanol–water partition coefficient (Wildman–Crippen LogP) is 1.05. The van der Waals surface area contributed by atoms with Gasteiger partial charge >= 0.3 is 0 Å². The highest BCUT2D eigenvalue weighted by Crippen LogP contribution is 2.06. The first-order chi connectivity index (χ1) is 9.52. The van der Waals surface area contributed by atoms with E-state index in [9.17, 15) is 4.79 Å². The van der Waals surface area contributed by atoms with Crippen LogP contribution in [0.15, 0.2) is 0 Å². The summed E-state index contributed by atoms with van der Waals surface area (Å²) in [5, 5.41) is 3.47. The zero-order valence-electron chi connectivity index (χ0n) is 13.5. The molecular formula is C15H33N3O2. The molecule has 0 aromatic rings. The van der Waals surface area contributed by atoms with Crippen LogP contribution in [0.5, 0.6) is 0 Å². The van der Waals surface area contributed by atoms with Crippen LogP contribution in [0.2, 0.25) is 0 Å². The Morgan fingerprint density at radius 2 is 2.30 bits per heavy atom. The summed E-state index contributed by atoms with van der Waals surface area (Å²) >= 11 is 0. The molecule has 1 aliphatic heterocycles. The first-order valence-electron chi connectivity index (χ1n) is 7.81. The second kappa shape index (κ2) is 9.32. The number of ether oxygens (including phenoxy) is 1. The summed E-state index contributed by atoms with van der Waals surface area (Å²) in [5.41, 5.74) is 0. The Hall–Kier alpha value is -0.650. The van der Waals surface area contributed by atoms with Crippen molar-refractivity contribution in [1.82, 2.24) is 15.1 Å². The molecular weight excluding hydrogens is 254 g/mol. The third-order valence-electron chi connectivity index (χ3n) is 3.59. The molecule has 1 atom stereocenters. The molecule has 0 aromatic carbocycles. The number of rotatable bonds is 8. The van der Waals surface area contributed by atoms with E-state index in [4.69, 9.17) is 4.74 Å². The standard InChI is InChI=1S/C15H31N3O2.H2/c1-5-15(19)17(4)11-14-12-18(8-9-20-14)7-6-16-10-13(2)3;/h13-14,16H,5-12H2,1-4H3;1H/t14-;/m0./s1. The third-order valence-corrected chi connectivity index (χ3v) is 3.59. The van der Waals surface area contributed by atoms with Gasteiger partial charge in [0, 0.05) is 47.6 Å². The molecule has 0 aromatic heterocycles. The van der Waals surface area contributed by atoms with Crippen LogP contribution in [-0.2, 0) is 9.53 Å². The largest absolute Gasteiger partial charge is 0.374 e. The van der Waals surface area contributed by atoms with Gasteiger partial charge in [0.1, 0.15) is 0 Å². The molecule has 1 amide bonds. The van der Waals surface area contributed by atoms with Crippen molar-refractivity contribution in [3.05, 3.63) is 0 Å². The molecule has 0 unspecified atom stereocenters. The molecule has 5 heteroatoms. The van der Waals surface area contributed by atoms with E-state index in [1.807, 2.05) is 14.0 Å². The highest BCUT2D eigenvalue weighted by molar-refractivity contribution is 5.75. The average Bonchev–Trinajstić information content (AvgIpc) is 2.43. The maximum absolute atomic E-state index is 11.6. The van der Waals surface area contributed by atoms with Crippen LogP contribution in [0.3, 0.4) is 0 Å². The van der Waals surface area contributed by atoms with Gasteiger partial charge in [-0.3, -0.25) is 9.69 Å². The van der Waals surface area contributed by atoms with E-state index in [1.165, 1.54) is 0 Å². The average molecular weight is 287 g/mol. The first kappa shape index (κ1) is 17.4. The van der Waals surface area contributed by atoms with Crippen molar-refractivity contribution in [2.45, 2.75) is 33.3 Å². The lowest BCUT2D eigenvalue weighted by Gasteiger charge is -2.34. The van der Waals surface area contributed by atoms with Crippen LogP contribution < -0.4 is 5.32 Å². The number of amides is 1. The lowest BCUT2D eigenvalue weighted by Crippen LogP contribution is -2.49. The molecule has 0 spiro atoms. The van der Waals surface area contributed by atoms with Crippen molar-refractivity contribution >= 4 is 5.91 Å². The lowest BCUT2D eigenvalue weighted by molar-refractivity contribution is -0.132. The van der Waals surface area contributed by atoms with Gasteiger partial charge in [-0.05, 0) is 12.5 Å². The number of morpholine rings is 1. The maximum Gasteiger partial charge on any atom is 0.222 e. The van der Waals surface area contributed by atoms with Gasteiger partial charge in [0.15, 0.2) is 0 Å². The maximum atomic E-state index is 11.6. The van der Waals surface area contributed by atoms with Crippen molar-refractivity contribution in [2.24, 2.45) is 5.92 Å².